The van der Waals surface area contributed by atoms with Crippen molar-refractivity contribution in [2.45, 2.75) is 39.0 Å². The number of ether oxygens (including phenoxy) is 1. The lowest BCUT2D eigenvalue weighted by Crippen LogP contribution is -2.16. The zero-order valence-electron chi connectivity index (χ0n) is 8.45. The van der Waals surface area contributed by atoms with Crippen molar-refractivity contribution in [2.75, 3.05) is 6.61 Å². The summed E-state index contributed by atoms with van der Waals surface area (Å²) in [4.78, 5) is 4.16. The molecule has 0 aliphatic heterocycles. The molecule has 0 aromatic carbocycles. The first-order chi connectivity index (χ1) is 6.90. The molecule has 1 heterocycles. The van der Waals surface area contributed by atoms with Crippen molar-refractivity contribution in [1.82, 2.24) is 10.3 Å². The average molecular weight is 196 g/mol. The van der Waals surface area contributed by atoms with E-state index >= 15 is 0 Å². The molecular weight excluding hydrogens is 180 g/mol. The molecule has 1 fully saturated rings. The second-order valence-corrected chi connectivity index (χ2v) is 3.51. The van der Waals surface area contributed by atoms with Crippen molar-refractivity contribution in [1.29, 1.82) is 0 Å². The normalized spacial score (nSPS) is 16.1. The highest BCUT2D eigenvalue weighted by Gasteiger charge is 2.21. The first-order valence-electron chi connectivity index (χ1n) is 5.12. The van der Waals surface area contributed by atoms with E-state index < -0.39 is 0 Å². The zero-order chi connectivity index (χ0) is 9.80. The summed E-state index contributed by atoms with van der Waals surface area (Å²) in [5.74, 6) is 0.847. The third kappa shape index (κ3) is 2.56. The quantitative estimate of drug-likeness (QED) is 0.748. The van der Waals surface area contributed by atoms with Crippen LogP contribution in [0.2, 0.25) is 0 Å². The SMILES string of the molecule is CCOCc1ocnc1CNC1CC1. The van der Waals surface area contributed by atoms with E-state index in [9.17, 15) is 0 Å². The van der Waals surface area contributed by atoms with Gasteiger partial charge in [0.2, 0.25) is 0 Å². The predicted molar refractivity (Wildman–Crippen MR) is 51.7 cm³/mol. The fourth-order valence-electron chi connectivity index (χ4n) is 1.28. The average Bonchev–Trinajstić information content (AvgIpc) is 2.92. The van der Waals surface area contributed by atoms with Crippen molar-refractivity contribution in [3.05, 3.63) is 17.8 Å². The Bertz CT molecular complexity index is 281. The first-order valence-corrected chi connectivity index (χ1v) is 5.12. The van der Waals surface area contributed by atoms with Crippen LogP contribution < -0.4 is 5.32 Å². The number of nitrogens with zero attached hydrogens (tertiary/aromatic N) is 1. The molecule has 0 bridgehead atoms. The Kier molecular flexibility index (Phi) is 3.16. The molecule has 1 N–H and O–H groups in total. The minimum Gasteiger partial charge on any atom is -0.446 e. The van der Waals surface area contributed by atoms with Crippen LogP contribution in [0.5, 0.6) is 0 Å². The van der Waals surface area contributed by atoms with E-state index in [2.05, 4.69) is 10.3 Å². The first kappa shape index (κ1) is 9.68. The Balaban J connectivity index is 1.83. The number of hydrogen-bond acceptors (Lipinski definition) is 4. The molecule has 1 aromatic heterocycles. The van der Waals surface area contributed by atoms with Crippen molar-refractivity contribution in [3.8, 4) is 0 Å². The Morgan fingerprint density at radius 2 is 2.50 bits per heavy atom. The Morgan fingerprint density at radius 3 is 3.21 bits per heavy atom. The highest BCUT2D eigenvalue weighted by atomic mass is 16.5. The highest BCUT2D eigenvalue weighted by Crippen LogP contribution is 2.19. The van der Waals surface area contributed by atoms with Crippen LogP contribution in [-0.4, -0.2) is 17.6 Å². The van der Waals surface area contributed by atoms with Gasteiger partial charge in [-0.15, -0.1) is 0 Å². The van der Waals surface area contributed by atoms with E-state index in [1.54, 1.807) is 0 Å². The second-order valence-electron chi connectivity index (χ2n) is 3.51. The van der Waals surface area contributed by atoms with E-state index in [-0.39, 0.29) is 0 Å². The molecule has 2 rings (SSSR count). The smallest absolute Gasteiger partial charge is 0.181 e. The predicted octanol–water partition coefficient (Wildman–Crippen LogP) is 1.46. The second kappa shape index (κ2) is 4.57. The summed E-state index contributed by atoms with van der Waals surface area (Å²) in [6.45, 7) is 4.00. The molecule has 0 atom stereocenters. The summed E-state index contributed by atoms with van der Waals surface area (Å²) in [7, 11) is 0. The maximum atomic E-state index is 5.28. The van der Waals surface area contributed by atoms with E-state index in [4.69, 9.17) is 9.15 Å². The summed E-state index contributed by atoms with van der Waals surface area (Å²) in [5, 5.41) is 3.40. The molecule has 1 saturated carbocycles. The molecule has 4 heteroatoms. The molecule has 4 nitrogen and oxygen atoms in total. The number of hydrogen-bond donors (Lipinski definition) is 1. The van der Waals surface area contributed by atoms with Crippen LogP contribution in [0.15, 0.2) is 10.8 Å². The fraction of sp³-hybridized carbons (Fsp3) is 0.700. The van der Waals surface area contributed by atoms with Gasteiger partial charge in [-0.05, 0) is 19.8 Å². The standard InChI is InChI=1S/C10H16N2O2/c1-2-13-6-10-9(12-7-14-10)5-11-8-3-4-8/h7-8,11H,2-6H2,1H3. The molecule has 1 aliphatic rings. The monoisotopic (exact) mass is 196 g/mol. The third-order valence-corrected chi connectivity index (χ3v) is 2.30. The van der Waals surface area contributed by atoms with Gasteiger partial charge in [-0.1, -0.05) is 0 Å². The molecule has 0 saturated heterocycles. The number of aromatic nitrogens is 1. The largest absolute Gasteiger partial charge is 0.446 e. The van der Waals surface area contributed by atoms with E-state index in [0.29, 0.717) is 19.3 Å². The molecule has 1 aliphatic carbocycles. The van der Waals surface area contributed by atoms with E-state index in [1.165, 1.54) is 19.2 Å². The number of oxazole rings is 1. The van der Waals surface area contributed by atoms with Crippen molar-refractivity contribution in [2.24, 2.45) is 0 Å². The van der Waals surface area contributed by atoms with Gasteiger partial charge < -0.3 is 14.5 Å². The van der Waals surface area contributed by atoms with Crippen LogP contribution in [0.3, 0.4) is 0 Å². The maximum absolute atomic E-state index is 5.28. The van der Waals surface area contributed by atoms with Gasteiger partial charge in [0.1, 0.15) is 6.61 Å². The van der Waals surface area contributed by atoms with E-state index in [1.807, 2.05) is 6.92 Å². The summed E-state index contributed by atoms with van der Waals surface area (Å²) in [6, 6.07) is 0.701. The summed E-state index contributed by atoms with van der Waals surface area (Å²) in [5.41, 5.74) is 0.977. The Labute approximate surface area is 83.7 Å². The van der Waals surface area contributed by atoms with Crippen LogP contribution >= 0.6 is 0 Å². The fourth-order valence-corrected chi connectivity index (χ4v) is 1.28. The van der Waals surface area contributed by atoms with Gasteiger partial charge in [0.15, 0.2) is 12.2 Å². The number of rotatable bonds is 6. The molecule has 0 unspecified atom stereocenters. The van der Waals surface area contributed by atoms with Gasteiger partial charge in [0.05, 0.1) is 5.69 Å². The lowest BCUT2D eigenvalue weighted by Gasteiger charge is -2.02. The van der Waals surface area contributed by atoms with Crippen LogP contribution in [0.4, 0.5) is 0 Å². The summed E-state index contributed by atoms with van der Waals surface area (Å²) >= 11 is 0. The van der Waals surface area contributed by atoms with Crippen LogP contribution in [-0.2, 0) is 17.9 Å². The molecule has 0 radical (unpaired) electrons. The minimum atomic E-state index is 0.526. The van der Waals surface area contributed by atoms with E-state index in [0.717, 1.165) is 18.0 Å². The summed E-state index contributed by atoms with van der Waals surface area (Å²) < 4.78 is 10.5. The topological polar surface area (TPSA) is 47.3 Å². The van der Waals surface area contributed by atoms with Gasteiger partial charge in [-0.25, -0.2) is 4.98 Å². The lowest BCUT2D eigenvalue weighted by molar-refractivity contribution is 0.117. The third-order valence-electron chi connectivity index (χ3n) is 2.30. The Hall–Kier alpha value is -0.870. The molecule has 1 aromatic rings. The molecular formula is C10H16N2O2. The minimum absolute atomic E-state index is 0.526. The van der Waals surface area contributed by atoms with Gasteiger partial charge in [-0.3, -0.25) is 0 Å². The van der Waals surface area contributed by atoms with Crippen LogP contribution in [0.25, 0.3) is 0 Å². The molecule has 0 spiro atoms. The van der Waals surface area contributed by atoms with Gasteiger partial charge in [-0.2, -0.15) is 0 Å². The van der Waals surface area contributed by atoms with Gasteiger partial charge in [0.25, 0.3) is 0 Å². The Morgan fingerprint density at radius 1 is 1.64 bits per heavy atom. The maximum Gasteiger partial charge on any atom is 0.181 e. The molecule has 0 amide bonds. The molecule has 78 valence electrons. The van der Waals surface area contributed by atoms with Crippen molar-refractivity contribution >= 4 is 0 Å². The van der Waals surface area contributed by atoms with Crippen LogP contribution in [0.1, 0.15) is 31.2 Å². The van der Waals surface area contributed by atoms with Gasteiger partial charge in [0, 0.05) is 19.2 Å². The van der Waals surface area contributed by atoms with Crippen molar-refractivity contribution in [3.63, 3.8) is 0 Å². The molecule has 14 heavy (non-hydrogen) atoms. The lowest BCUT2D eigenvalue weighted by atomic mass is 10.3. The van der Waals surface area contributed by atoms with Crippen LogP contribution in [0, 0.1) is 0 Å². The zero-order valence-corrected chi connectivity index (χ0v) is 8.45. The van der Waals surface area contributed by atoms with Gasteiger partial charge >= 0.3 is 0 Å². The number of nitrogens with one attached hydrogen (secondary N) is 1. The highest BCUT2D eigenvalue weighted by molar-refractivity contribution is 5.06. The summed E-state index contributed by atoms with van der Waals surface area (Å²) in [6.07, 6.45) is 4.07. The van der Waals surface area contributed by atoms with Crippen molar-refractivity contribution < 1.29 is 9.15 Å².